The molecule has 0 aromatic carbocycles. The maximum absolute atomic E-state index is 9.14. The Morgan fingerprint density at radius 3 is 2.50 bits per heavy atom. The van der Waals surface area contributed by atoms with Crippen LogP contribution in [0.25, 0.3) is 0 Å². The highest BCUT2D eigenvalue weighted by molar-refractivity contribution is 7.99. The molecule has 1 fully saturated rings. The number of hydrogen-bond donors (Lipinski definition) is 2. The maximum Gasteiger partial charge on any atom is 0.0437 e. The highest BCUT2D eigenvalue weighted by Gasteiger charge is 2.42. The van der Waals surface area contributed by atoms with Crippen LogP contribution in [0.15, 0.2) is 0 Å². The van der Waals surface area contributed by atoms with Crippen LogP contribution < -0.4 is 5.73 Å². The van der Waals surface area contributed by atoms with Gasteiger partial charge in [-0.1, -0.05) is 13.8 Å². The van der Waals surface area contributed by atoms with E-state index >= 15 is 0 Å². The smallest absolute Gasteiger partial charge is 0.0437 e. The molecule has 0 bridgehead atoms. The Hall–Kier alpha value is 0.270. The van der Waals surface area contributed by atoms with Gasteiger partial charge in [-0.15, -0.1) is 0 Å². The van der Waals surface area contributed by atoms with Gasteiger partial charge in [0.2, 0.25) is 0 Å². The first kappa shape index (κ1) is 12.3. The van der Waals surface area contributed by atoms with Gasteiger partial charge in [-0.25, -0.2) is 0 Å². The van der Waals surface area contributed by atoms with E-state index < -0.39 is 0 Å². The number of aliphatic hydroxyl groups excluding tert-OH is 1. The van der Waals surface area contributed by atoms with Crippen molar-refractivity contribution in [1.29, 1.82) is 0 Å². The van der Waals surface area contributed by atoms with E-state index in [1.807, 2.05) is 11.8 Å². The van der Waals surface area contributed by atoms with Gasteiger partial charge in [0.05, 0.1) is 0 Å². The van der Waals surface area contributed by atoms with E-state index in [1.54, 1.807) is 0 Å². The van der Waals surface area contributed by atoms with Crippen molar-refractivity contribution < 1.29 is 5.11 Å². The molecule has 3 N–H and O–H groups in total. The maximum atomic E-state index is 9.14. The first-order valence-corrected chi connectivity index (χ1v) is 6.52. The number of hydrogen-bond acceptors (Lipinski definition) is 3. The first-order valence-electron chi connectivity index (χ1n) is 5.36. The summed E-state index contributed by atoms with van der Waals surface area (Å²) in [5, 5.41) is 9.14. The van der Waals surface area contributed by atoms with Gasteiger partial charge in [0.15, 0.2) is 0 Å². The van der Waals surface area contributed by atoms with Gasteiger partial charge in [-0.3, -0.25) is 0 Å². The first-order chi connectivity index (χ1) is 6.42. The standard InChI is InChI=1S/C11H23NOS/c1-9(12)11(4-5-13)6-10(2,3)7-14-8-11/h9,13H,4-8,12H2,1-3H3. The zero-order chi connectivity index (χ0) is 10.8. The Morgan fingerprint density at radius 2 is 2.07 bits per heavy atom. The minimum absolute atomic E-state index is 0.154. The third-order valence-electron chi connectivity index (χ3n) is 3.29. The quantitative estimate of drug-likeness (QED) is 0.758. The predicted molar refractivity (Wildman–Crippen MR) is 63.5 cm³/mol. The minimum Gasteiger partial charge on any atom is -0.396 e. The Kier molecular flexibility index (Phi) is 3.89. The zero-order valence-corrected chi connectivity index (χ0v) is 10.4. The molecule has 0 radical (unpaired) electrons. The Balaban J connectivity index is 2.76. The molecule has 14 heavy (non-hydrogen) atoms. The summed E-state index contributed by atoms with van der Waals surface area (Å²) in [6.07, 6.45) is 1.99. The van der Waals surface area contributed by atoms with Crippen molar-refractivity contribution in [3.05, 3.63) is 0 Å². The number of aliphatic hydroxyl groups is 1. The van der Waals surface area contributed by atoms with Crippen molar-refractivity contribution in [2.75, 3.05) is 18.1 Å². The fourth-order valence-electron chi connectivity index (χ4n) is 2.49. The van der Waals surface area contributed by atoms with E-state index in [0.717, 1.165) is 18.6 Å². The number of rotatable bonds is 3. The molecule has 0 amide bonds. The third-order valence-corrected chi connectivity index (χ3v) is 5.05. The van der Waals surface area contributed by atoms with E-state index in [0.29, 0.717) is 5.41 Å². The Bertz CT molecular complexity index is 190. The summed E-state index contributed by atoms with van der Waals surface area (Å²) in [5.41, 5.74) is 6.61. The van der Waals surface area contributed by atoms with Gasteiger partial charge in [0, 0.05) is 18.4 Å². The second-order valence-electron chi connectivity index (χ2n) is 5.46. The molecule has 1 aliphatic rings. The fraction of sp³-hybridized carbons (Fsp3) is 1.00. The molecule has 2 unspecified atom stereocenters. The molecule has 1 rings (SSSR count). The zero-order valence-electron chi connectivity index (χ0n) is 9.55. The van der Waals surface area contributed by atoms with Crippen LogP contribution in [0.2, 0.25) is 0 Å². The molecule has 1 heterocycles. The van der Waals surface area contributed by atoms with Gasteiger partial charge in [-0.05, 0) is 36.3 Å². The van der Waals surface area contributed by atoms with Crippen LogP contribution in [0.3, 0.4) is 0 Å². The molecule has 84 valence electrons. The lowest BCUT2D eigenvalue weighted by atomic mass is 9.69. The van der Waals surface area contributed by atoms with E-state index in [2.05, 4.69) is 20.8 Å². The van der Waals surface area contributed by atoms with E-state index in [9.17, 15) is 0 Å². The van der Waals surface area contributed by atoms with Gasteiger partial charge in [0.1, 0.15) is 0 Å². The summed E-state index contributed by atoms with van der Waals surface area (Å²) in [6, 6.07) is 0.182. The number of thioether (sulfide) groups is 1. The lowest BCUT2D eigenvalue weighted by Crippen LogP contribution is -2.48. The van der Waals surface area contributed by atoms with Crippen molar-refractivity contribution in [3.8, 4) is 0 Å². The van der Waals surface area contributed by atoms with Crippen LogP contribution in [-0.2, 0) is 0 Å². The second-order valence-corrected chi connectivity index (χ2v) is 6.44. The van der Waals surface area contributed by atoms with Gasteiger partial charge in [0.25, 0.3) is 0 Å². The molecular formula is C11H23NOS. The van der Waals surface area contributed by atoms with Crippen LogP contribution in [0.1, 0.15) is 33.6 Å². The third kappa shape index (κ3) is 2.65. The summed E-state index contributed by atoms with van der Waals surface area (Å²) in [5.74, 6) is 2.32. The van der Waals surface area contributed by atoms with Crippen molar-refractivity contribution in [1.82, 2.24) is 0 Å². The minimum atomic E-state index is 0.154. The molecule has 2 atom stereocenters. The summed E-state index contributed by atoms with van der Waals surface area (Å²) in [4.78, 5) is 0. The average molecular weight is 217 g/mol. The second kappa shape index (κ2) is 4.42. The molecule has 0 aromatic heterocycles. The Labute approximate surface area is 91.6 Å². The molecule has 3 heteroatoms. The largest absolute Gasteiger partial charge is 0.396 e. The summed E-state index contributed by atoms with van der Waals surface area (Å²) in [7, 11) is 0. The van der Waals surface area contributed by atoms with Gasteiger partial charge in [-0.2, -0.15) is 11.8 Å². The molecule has 0 spiro atoms. The van der Waals surface area contributed by atoms with Crippen molar-refractivity contribution in [2.24, 2.45) is 16.6 Å². The van der Waals surface area contributed by atoms with Crippen molar-refractivity contribution in [2.45, 2.75) is 39.7 Å². The molecule has 0 aromatic rings. The molecular weight excluding hydrogens is 194 g/mol. The predicted octanol–water partition coefficient (Wildman–Crippen LogP) is 1.87. The van der Waals surface area contributed by atoms with Crippen LogP contribution >= 0.6 is 11.8 Å². The monoisotopic (exact) mass is 217 g/mol. The van der Waals surface area contributed by atoms with Crippen LogP contribution in [0, 0.1) is 10.8 Å². The molecule has 2 nitrogen and oxygen atoms in total. The normalized spacial score (nSPS) is 34.1. The van der Waals surface area contributed by atoms with Gasteiger partial charge >= 0.3 is 0 Å². The number of nitrogens with two attached hydrogens (primary N) is 1. The van der Waals surface area contributed by atoms with Crippen LogP contribution in [0.5, 0.6) is 0 Å². The van der Waals surface area contributed by atoms with E-state index in [4.69, 9.17) is 10.8 Å². The highest BCUT2D eigenvalue weighted by Crippen LogP contribution is 2.47. The van der Waals surface area contributed by atoms with Crippen molar-refractivity contribution in [3.63, 3.8) is 0 Å². The van der Waals surface area contributed by atoms with Crippen LogP contribution in [-0.4, -0.2) is 29.3 Å². The molecule has 0 saturated carbocycles. The van der Waals surface area contributed by atoms with Crippen LogP contribution in [0.4, 0.5) is 0 Å². The topological polar surface area (TPSA) is 46.2 Å². The van der Waals surface area contributed by atoms with E-state index in [-0.39, 0.29) is 18.1 Å². The summed E-state index contributed by atoms with van der Waals surface area (Å²) in [6.45, 7) is 6.94. The summed E-state index contributed by atoms with van der Waals surface area (Å²) >= 11 is 1.99. The highest BCUT2D eigenvalue weighted by atomic mass is 32.2. The average Bonchev–Trinajstić information content (AvgIpc) is 2.02. The molecule has 0 aliphatic carbocycles. The molecule has 1 saturated heterocycles. The van der Waals surface area contributed by atoms with E-state index in [1.165, 1.54) is 5.75 Å². The van der Waals surface area contributed by atoms with Gasteiger partial charge < -0.3 is 10.8 Å². The summed E-state index contributed by atoms with van der Waals surface area (Å²) < 4.78 is 0. The molecule has 1 aliphatic heterocycles. The lowest BCUT2D eigenvalue weighted by molar-refractivity contribution is 0.115. The van der Waals surface area contributed by atoms with Crippen molar-refractivity contribution >= 4 is 11.8 Å². The Morgan fingerprint density at radius 1 is 1.43 bits per heavy atom. The fourth-order valence-corrected chi connectivity index (χ4v) is 4.16. The lowest BCUT2D eigenvalue weighted by Gasteiger charge is -2.47. The SMILES string of the molecule is CC(N)C1(CCO)CSCC(C)(C)C1.